The fraction of sp³-hybridized carbons (Fsp3) is 0.500. The Morgan fingerprint density at radius 3 is 2.81 bits per heavy atom. The Bertz CT molecular complexity index is 373. The van der Waals surface area contributed by atoms with Gasteiger partial charge in [-0.25, -0.2) is 4.39 Å². The van der Waals surface area contributed by atoms with E-state index < -0.39 is 0 Å². The summed E-state index contributed by atoms with van der Waals surface area (Å²) in [5.74, 6) is 0.335. The van der Waals surface area contributed by atoms with Crippen LogP contribution in [0, 0.1) is 11.7 Å². The Labute approximate surface area is 104 Å². The van der Waals surface area contributed by atoms with Gasteiger partial charge in [-0.15, -0.1) is 0 Å². The number of rotatable bonds is 2. The lowest BCUT2D eigenvalue weighted by atomic mass is 10.1. The van der Waals surface area contributed by atoms with Crippen molar-refractivity contribution < 1.29 is 4.39 Å². The topological polar surface area (TPSA) is 29.3 Å². The molecule has 2 atom stereocenters. The first-order chi connectivity index (χ1) is 7.56. The minimum atomic E-state index is -0.206. The monoisotopic (exact) mass is 286 g/mol. The Morgan fingerprint density at radius 1 is 1.50 bits per heavy atom. The summed E-state index contributed by atoms with van der Waals surface area (Å²) in [6, 6.07) is 5.10. The maximum atomic E-state index is 12.9. The van der Waals surface area contributed by atoms with Crippen LogP contribution in [-0.2, 0) is 6.54 Å². The average Bonchev–Trinajstić information content (AvgIpc) is 2.51. The first-order valence-corrected chi connectivity index (χ1v) is 6.27. The molecule has 1 fully saturated rings. The molecule has 2 N–H and O–H groups in total. The number of nitrogens with two attached hydrogens (primary N) is 1. The molecule has 0 spiro atoms. The third-order valence-electron chi connectivity index (χ3n) is 3.16. The Kier molecular flexibility index (Phi) is 3.62. The summed E-state index contributed by atoms with van der Waals surface area (Å²) in [6.45, 7) is 4.94. The van der Waals surface area contributed by atoms with Crippen molar-refractivity contribution in [1.29, 1.82) is 0 Å². The highest BCUT2D eigenvalue weighted by Gasteiger charge is 2.26. The predicted octanol–water partition coefficient (Wildman–Crippen LogP) is 2.37. The highest BCUT2D eigenvalue weighted by molar-refractivity contribution is 9.10. The third kappa shape index (κ3) is 2.62. The molecular formula is C12H16BrFN2. The zero-order valence-corrected chi connectivity index (χ0v) is 10.9. The van der Waals surface area contributed by atoms with Crippen molar-refractivity contribution >= 4 is 15.9 Å². The van der Waals surface area contributed by atoms with E-state index in [1.165, 1.54) is 12.1 Å². The van der Waals surface area contributed by atoms with E-state index in [2.05, 4.69) is 27.8 Å². The van der Waals surface area contributed by atoms with Gasteiger partial charge in [0.25, 0.3) is 0 Å². The van der Waals surface area contributed by atoms with E-state index in [4.69, 9.17) is 5.73 Å². The summed E-state index contributed by atoms with van der Waals surface area (Å²) in [4.78, 5) is 2.31. The average molecular weight is 287 g/mol. The Morgan fingerprint density at radius 2 is 2.25 bits per heavy atom. The van der Waals surface area contributed by atoms with Crippen molar-refractivity contribution in [3.8, 4) is 0 Å². The van der Waals surface area contributed by atoms with Gasteiger partial charge < -0.3 is 5.73 Å². The van der Waals surface area contributed by atoms with Crippen LogP contribution in [0.4, 0.5) is 4.39 Å². The first-order valence-electron chi connectivity index (χ1n) is 5.48. The van der Waals surface area contributed by atoms with Crippen LogP contribution in [0.15, 0.2) is 22.7 Å². The van der Waals surface area contributed by atoms with Crippen LogP contribution >= 0.6 is 15.9 Å². The van der Waals surface area contributed by atoms with E-state index in [1.807, 2.05) is 6.07 Å². The van der Waals surface area contributed by atoms with Crippen molar-refractivity contribution in [2.75, 3.05) is 13.1 Å². The van der Waals surface area contributed by atoms with E-state index in [0.717, 1.165) is 29.7 Å². The fourth-order valence-corrected chi connectivity index (χ4v) is 2.59. The predicted molar refractivity (Wildman–Crippen MR) is 66.5 cm³/mol. The standard InChI is InChI=1S/C12H16BrFN2/c1-8-5-16(7-12(8)15)6-9-2-3-10(14)4-11(9)13/h2-4,8,12H,5-7,15H2,1H3. The molecule has 0 saturated carbocycles. The molecule has 2 rings (SSSR count). The van der Waals surface area contributed by atoms with Crippen LogP contribution < -0.4 is 5.73 Å². The minimum absolute atomic E-state index is 0.206. The summed E-state index contributed by atoms with van der Waals surface area (Å²) >= 11 is 3.39. The maximum Gasteiger partial charge on any atom is 0.124 e. The van der Waals surface area contributed by atoms with Gasteiger partial charge in [0.1, 0.15) is 5.82 Å². The van der Waals surface area contributed by atoms with Gasteiger partial charge in [-0.3, -0.25) is 4.90 Å². The summed E-state index contributed by atoms with van der Waals surface area (Å²) in [5, 5.41) is 0. The zero-order valence-electron chi connectivity index (χ0n) is 9.29. The van der Waals surface area contributed by atoms with E-state index in [-0.39, 0.29) is 11.9 Å². The van der Waals surface area contributed by atoms with Gasteiger partial charge in [-0.1, -0.05) is 28.9 Å². The van der Waals surface area contributed by atoms with Gasteiger partial charge in [0.2, 0.25) is 0 Å². The molecule has 1 aromatic carbocycles. The van der Waals surface area contributed by atoms with Crippen molar-refractivity contribution in [1.82, 2.24) is 4.90 Å². The summed E-state index contributed by atoms with van der Waals surface area (Å²) in [5.41, 5.74) is 7.08. The van der Waals surface area contributed by atoms with Gasteiger partial charge in [0.05, 0.1) is 0 Å². The van der Waals surface area contributed by atoms with Crippen LogP contribution in [0.3, 0.4) is 0 Å². The van der Waals surface area contributed by atoms with Gasteiger partial charge in [-0.2, -0.15) is 0 Å². The number of benzene rings is 1. The molecule has 4 heteroatoms. The van der Waals surface area contributed by atoms with Crippen molar-refractivity contribution in [3.63, 3.8) is 0 Å². The number of halogens is 2. The molecular weight excluding hydrogens is 271 g/mol. The van der Waals surface area contributed by atoms with Crippen LogP contribution in [-0.4, -0.2) is 24.0 Å². The zero-order chi connectivity index (χ0) is 11.7. The summed E-state index contributed by atoms with van der Waals surface area (Å²) in [7, 11) is 0. The van der Waals surface area contributed by atoms with Crippen LogP contribution in [0.25, 0.3) is 0 Å². The number of hydrogen-bond donors (Lipinski definition) is 1. The summed E-state index contributed by atoms with van der Waals surface area (Å²) in [6.07, 6.45) is 0. The lowest BCUT2D eigenvalue weighted by Gasteiger charge is -2.16. The molecule has 16 heavy (non-hydrogen) atoms. The van der Waals surface area contributed by atoms with Gasteiger partial charge in [-0.05, 0) is 23.6 Å². The molecule has 1 aromatic rings. The van der Waals surface area contributed by atoms with E-state index in [1.54, 1.807) is 0 Å². The van der Waals surface area contributed by atoms with Gasteiger partial charge in [0.15, 0.2) is 0 Å². The molecule has 1 aliphatic heterocycles. The molecule has 0 bridgehead atoms. The quantitative estimate of drug-likeness (QED) is 0.905. The highest BCUT2D eigenvalue weighted by Crippen LogP contribution is 2.23. The smallest absolute Gasteiger partial charge is 0.124 e. The van der Waals surface area contributed by atoms with Crippen molar-refractivity contribution in [2.24, 2.45) is 11.7 Å². The second kappa shape index (κ2) is 4.82. The fourth-order valence-electron chi connectivity index (χ4n) is 2.12. The Balaban J connectivity index is 2.05. The van der Waals surface area contributed by atoms with Crippen molar-refractivity contribution in [3.05, 3.63) is 34.1 Å². The molecule has 0 aromatic heterocycles. The van der Waals surface area contributed by atoms with E-state index in [9.17, 15) is 4.39 Å². The largest absolute Gasteiger partial charge is 0.326 e. The normalized spacial score (nSPS) is 26.2. The molecule has 2 nitrogen and oxygen atoms in total. The number of hydrogen-bond acceptors (Lipinski definition) is 2. The van der Waals surface area contributed by atoms with Gasteiger partial charge >= 0.3 is 0 Å². The first kappa shape index (κ1) is 12.0. The molecule has 0 radical (unpaired) electrons. The lowest BCUT2D eigenvalue weighted by molar-refractivity contribution is 0.318. The highest BCUT2D eigenvalue weighted by atomic mass is 79.9. The molecule has 1 heterocycles. The van der Waals surface area contributed by atoms with Crippen LogP contribution in [0.1, 0.15) is 12.5 Å². The molecule has 2 unspecified atom stereocenters. The lowest BCUT2D eigenvalue weighted by Crippen LogP contribution is -2.28. The number of nitrogens with zero attached hydrogens (tertiary/aromatic N) is 1. The van der Waals surface area contributed by atoms with Crippen LogP contribution in [0.5, 0.6) is 0 Å². The van der Waals surface area contributed by atoms with Gasteiger partial charge in [0, 0.05) is 30.1 Å². The number of likely N-dealkylation sites (tertiary alicyclic amines) is 1. The SMILES string of the molecule is CC1CN(Cc2ccc(F)cc2Br)CC1N. The second-order valence-corrected chi connectivity index (χ2v) is 5.43. The summed E-state index contributed by atoms with van der Waals surface area (Å²) < 4.78 is 13.8. The van der Waals surface area contributed by atoms with E-state index >= 15 is 0 Å². The molecule has 1 aliphatic rings. The van der Waals surface area contributed by atoms with E-state index in [0.29, 0.717) is 5.92 Å². The molecule has 88 valence electrons. The molecule has 0 aliphatic carbocycles. The third-order valence-corrected chi connectivity index (χ3v) is 3.89. The molecule has 0 amide bonds. The maximum absolute atomic E-state index is 12.9. The Hall–Kier alpha value is -0.450. The van der Waals surface area contributed by atoms with Crippen molar-refractivity contribution in [2.45, 2.75) is 19.5 Å². The minimum Gasteiger partial charge on any atom is -0.326 e. The molecule has 1 saturated heterocycles. The second-order valence-electron chi connectivity index (χ2n) is 4.57. The van der Waals surface area contributed by atoms with Crippen LogP contribution in [0.2, 0.25) is 0 Å².